The van der Waals surface area contributed by atoms with E-state index in [1.165, 1.54) is 5.56 Å². The first-order valence-electron chi connectivity index (χ1n) is 6.41. The molecule has 0 spiro atoms. The summed E-state index contributed by atoms with van der Waals surface area (Å²) in [6, 6.07) is 20.5. The lowest BCUT2D eigenvalue weighted by Crippen LogP contribution is -2.13. The van der Waals surface area contributed by atoms with Crippen LogP contribution in [0.1, 0.15) is 10.9 Å². The van der Waals surface area contributed by atoms with Crippen molar-refractivity contribution >= 4 is 11.8 Å². The number of hydrogen-bond donors (Lipinski definition) is 1. The third-order valence-corrected chi connectivity index (χ3v) is 4.33. The highest BCUT2D eigenvalue weighted by molar-refractivity contribution is 7.99. The van der Waals surface area contributed by atoms with Gasteiger partial charge in [0.25, 0.3) is 0 Å². The Kier molecular flexibility index (Phi) is 2.70. The summed E-state index contributed by atoms with van der Waals surface area (Å²) in [6.45, 7) is 0. The van der Waals surface area contributed by atoms with Crippen LogP contribution in [0.25, 0.3) is 11.4 Å². The van der Waals surface area contributed by atoms with E-state index in [-0.39, 0.29) is 5.37 Å². The summed E-state index contributed by atoms with van der Waals surface area (Å²) in [5, 5.41) is 9.61. The molecule has 4 nitrogen and oxygen atoms in total. The van der Waals surface area contributed by atoms with Crippen molar-refractivity contribution in [3.05, 3.63) is 66.2 Å². The largest absolute Gasteiger partial charge is 0.304 e. The van der Waals surface area contributed by atoms with Crippen LogP contribution >= 0.6 is 11.8 Å². The van der Waals surface area contributed by atoms with Crippen molar-refractivity contribution in [3.8, 4) is 11.4 Å². The van der Waals surface area contributed by atoms with Gasteiger partial charge in [-0.25, -0.2) is 4.68 Å². The zero-order chi connectivity index (χ0) is 13.4. The van der Waals surface area contributed by atoms with E-state index in [1.807, 2.05) is 41.1 Å². The molecule has 5 heteroatoms. The van der Waals surface area contributed by atoms with Crippen LogP contribution in [0.5, 0.6) is 0 Å². The van der Waals surface area contributed by atoms with Gasteiger partial charge in [0.15, 0.2) is 5.82 Å². The van der Waals surface area contributed by atoms with E-state index in [0.717, 1.165) is 16.5 Å². The van der Waals surface area contributed by atoms with E-state index in [9.17, 15) is 0 Å². The van der Waals surface area contributed by atoms with Crippen molar-refractivity contribution in [2.45, 2.75) is 10.5 Å². The number of thioether (sulfide) groups is 1. The average molecular weight is 280 g/mol. The first kappa shape index (κ1) is 11.5. The van der Waals surface area contributed by atoms with E-state index in [1.54, 1.807) is 11.8 Å². The first-order valence-corrected chi connectivity index (χ1v) is 7.29. The third-order valence-electron chi connectivity index (χ3n) is 3.24. The summed E-state index contributed by atoms with van der Waals surface area (Å²) < 4.78 is 1.97. The highest BCUT2D eigenvalue weighted by atomic mass is 32.2. The number of aromatic nitrogens is 3. The molecule has 3 aromatic rings. The standard InChI is InChI=1S/C15H12N4S/c1-3-7-11(8-4-1)13-16-17-15-19(13)18-14(20-15)12-9-5-2-6-10-12/h1-10,14,18H/t14-/m0/s1. The maximum Gasteiger partial charge on any atom is 0.212 e. The zero-order valence-corrected chi connectivity index (χ0v) is 11.4. The smallest absolute Gasteiger partial charge is 0.212 e. The van der Waals surface area contributed by atoms with E-state index in [0.29, 0.717) is 0 Å². The van der Waals surface area contributed by atoms with Crippen LogP contribution in [-0.4, -0.2) is 14.9 Å². The Labute approximate surface area is 120 Å². The van der Waals surface area contributed by atoms with Crippen molar-refractivity contribution in [2.75, 3.05) is 5.43 Å². The Hall–Kier alpha value is -2.27. The maximum absolute atomic E-state index is 4.27. The molecule has 20 heavy (non-hydrogen) atoms. The average Bonchev–Trinajstić information content (AvgIpc) is 3.09. The third kappa shape index (κ3) is 1.87. The fourth-order valence-electron chi connectivity index (χ4n) is 2.26. The first-order chi connectivity index (χ1) is 9.92. The van der Waals surface area contributed by atoms with Crippen LogP contribution in [0.15, 0.2) is 65.8 Å². The molecule has 0 fully saturated rings. The molecule has 1 N–H and O–H groups in total. The minimum atomic E-state index is 0.184. The predicted octanol–water partition coefficient (Wildman–Crippen LogP) is 3.29. The second-order valence-electron chi connectivity index (χ2n) is 4.55. The molecule has 0 radical (unpaired) electrons. The Morgan fingerprint density at radius 2 is 1.60 bits per heavy atom. The molecule has 1 atom stereocenters. The summed E-state index contributed by atoms with van der Waals surface area (Å²) >= 11 is 1.68. The van der Waals surface area contributed by atoms with E-state index < -0.39 is 0 Å². The molecule has 1 aliphatic heterocycles. The Bertz CT molecular complexity index is 724. The number of rotatable bonds is 2. The van der Waals surface area contributed by atoms with Crippen LogP contribution in [0.2, 0.25) is 0 Å². The van der Waals surface area contributed by atoms with Gasteiger partial charge in [0.1, 0.15) is 5.37 Å². The van der Waals surface area contributed by atoms with Gasteiger partial charge in [-0.1, -0.05) is 72.4 Å². The Balaban J connectivity index is 1.68. The topological polar surface area (TPSA) is 42.7 Å². The van der Waals surface area contributed by atoms with Gasteiger partial charge in [-0.15, -0.1) is 10.2 Å². The molecular weight excluding hydrogens is 268 g/mol. The lowest BCUT2D eigenvalue weighted by atomic mass is 10.2. The van der Waals surface area contributed by atoms with Crippen molar-refractivity contribution in [3.63, 3.8) is 0 Å². The minimum Gasteiger partial charge on any atom is -0.304 e. The number of benzene rings is 2. The van der Waals surface area contributed by atoms with Crippen molar-refractivity contribution in [2.24, 2.45) is 0 Å². The van der Waals surface area contributed by atoms with Crippen molar-refractivity contribution in [1.29, 1.82) is 0 Å². The molecular formula is C15H12N4S. The number of nitrogens with one attached hydrogen (secondary N) is 1. The Morgan fingerprint density at radius 3 is 2.35 bits per heavy atom. The van der Waals surface area contributed by atoms with Crippen LogP contribution in [-0.2, 0) is 0 Å². The van der Waals surface area contributed by atoms with Gasteiger partial charge in [0.05, 0.1) is 0 Å². The highest BCUT2D eigenvalue weighted by Crippen LogP contribution is 2.39. The second-order valence-corrected chi connectivity index (χ2v) is 5.62. The highest BCUT2D eigenvalue weighted by Gasteiger charge is 2.27. The van der Waals surface area contributed by atoms with Crippen molar-refractivity contribution in [1.82, 2.24) is 14.9 Å². The summed E-state index contributed by atoms with van der Waals surface area (Å²) in [5.74, 6) is 0.853. The molecule has 1 aliphatic rings. The fourth-order valence-corrected chi connectivity index (χ4v) is 3.25. The molecule has 0 unspecified atom stereocenters. The van der Waals surface area contributed by atoms with Gasteiger partial charge in [-0.2, -0.15) is 0 Å². The SMILES string of the molecule is c1ccc(-c2nnc3n2N[C@H](c2ccccc2)S3)cc1. The molecule has 98 valence electrons. The molecule has 0 saturated heterocycles. The van der Waals surface area contributed by atoms with E-state index in [4.69, 9.17) is 0 Å². The molecule has 0 saturated carbocycles. The number of nitrogens with zero attached hydrogens (tertiary/aromatic N) is 3. The predicted molar refractivity (Wildman–Crippen MR) is 79.9 cm³/mol. The van der Waals surface area contributed by atoms with Gasteiger partial charge in [-0.3, -0.25) is 0 Å². The molecule has 4 rings (SSSR count). The molecule has 0 bridgehead atoms. The molecule has 0 aliphatic carbocycles. The van der Waals surface area contributed by atoms with Gasteiger partial charge in [0, 0.05) is 5.56 Å². The number of fused-ring (bicyclic) bond motifs is 1. The van der Waals surface area contributed by atoms with Gasteiger partial charge in [0.2, 0.25) is 5.16 Å². The summed E-state index contributed by atoms with van der Waals surface area (Å²) in [6.07, 6.45) is 0. The number of hydrogen-bond acceptors (Lipinski definition) is 4. The van der Waals surface area contributed by atoms with Crippen LogP contribution in [0.3, 0.4) is 0 Å². The second kappa shape index (κ2) is 4.68. The van der Waals surface area contributed by atoms with E-state index in [2.05, 4.69) is 39.9 Å². The zero-order valence-electron chi connectivity index (χ0n) is 10.6. The van der Waals surface area contributed by atoms with Gasteiger partial charge < -0.3 is 5.43 Å². The van der Waals surface area contributed by atoms with Gasteiger partial charge in [-0.05, 0) is 5.56 Å². The van der Waals surface area contributed by atoms with Crippen molar-refractivity contribution < 1.29 is 0 Å². The maximum atomic E-state index is 4.27. The van der Waals surface area contributed by atoms with E-state index >= 15 is 0 Å². The lowest BCUT2D eigenvalue weighted by Gasteiger charge is -2.11. The van der Waals surface area contributed by atoms with Crippen LogP contribution in [0.4, 0.5) is 0 Å². The molecule has 0 amide bonds. The Morgan fingerprint density at radius 1 is 0.900 bits per heavy atom. The summed E-state index contributed by atoms with van der Waals surface area (Å²) in [7, 11) is 0. The normalized spacial score (nSPS) is 16.7. The van der Waals surface area contributed by atoms with Gasteiger partial charge >= 0.3 is 0 Å². The fraction of sp³-hybridized carbons (Fsp3) is 0.0667. The quantitative estimate of drug-likeness (QED) is 0.782. The summed E-state index contributed by atoms with van der Waals surface area (Å²) in [5.41, 5.74) is 5.75. The molecule has 1 aromatic heterocycles. The van der Waals surface area contributed by atoms with Crippen LogP contribution < -0.4 is 5.43 Å². The molecule has 2 heterocycles. The van der Waals surface area contributed by atoms with Crippen LogP contribution in [0, 0.1) is 0 Å². The monoisotopic (exact) mass is 280 g/mol. The lowest BCUT2D eigenvalue weighted by molar-refractivity contribution is 0.792. The molecule has 2 aromatic carbocycles. The minimum absolute atomic E-state index is 0.184. The summed E-state index contributed by atoms with van der Waals surface area (Å²) in [4.78, 5) is 0.